The van der Waals surface area contributed by atoms with E-state index in [1.165, 1.54) is 0 Å². The Labute approximate surface area is 68.6 Å². The fourth-order valence-corrected chi connectivity index (χ4v) is 1.08. The smallest absolute Gasteiger partial charge is 0.184 e. The maximum atomic E-state index is 9.12. The second-order valence-corrected chi connectivity index (χ2v) is 2.72. The largest absolute Gasteiger partial charge is 0.394 e. The maximum Gasteiger partial charge on any atom is 0.184 e. The van der Waals surface area contributed by atoms with Gasteiger partial charge in [-0.25, -0.2) is 0 Å². The van der Waals surface area contributed by atoms with Crippen LogP contribution in [0.3, 0.4) is 0 Å². The fraction of sp³-hybridized carbons (Fsp3) is 1.00. The molecule has 6 nitrogen and oxygen atoms in total. The molecule has 0 amide bonds. The van der Waals surface area contributed by atoms with Crippen LogP contribution < -0.4 is 0 Å². The summed E-state index contributed by atoms with van der Waals surface area (Å²) in [4.78, 5) is 0. The molecule has 5 atom stereocenters. The lowest BCUT2D eigenvalue weighted by molar-refractivity contribution is -0.286. The summed E-state index contributed by atoms with van der Waals surface area (Å²) in [5, 5.41) is 44.7. The lowest BCUT2D eigenvalue weighted by Crippen LogP contribution is -2.58. The van der Waals surface area contributed by atoms with E-state index in [9.17, 15) is 0 Å². The van der Waals surface area contributed by atoms with E-state index in [-0.39, 0.29) is 0 Å². The van der Waals surface area contributed by atoms with Crippen molar-refractivity contribution in [2.75, 3.05) is 6.61 Å². The van der Waals surface area contributed by atoms with Crippen LogP contribution in [0.2, 0.25) is 0 Å². The molecule has 1 heterocycles. The summed E-state index contributed by atoms with van der Waals surface area (Å²) in [6.07, 6.45) is -7.04. The van der Waals surface area contributed by atoms with Crippen molar-refractivity contribution < 1.29 is 30.3 Å². The van der Waals surface area contributed by atoms with Crippen LogP contribution in [-0.2, 0) is 4.74 Å². The maximum absolute atomic E-state index is 9.12. The molecule has 6 heteroatoms. The standard InChI is InChI=1S/C6H12O6/c7-1-2-3(8)4(9)5(10)6(11)12-2/h2-11H,1H2/t2-,3-,4?,5+,6-/m1/s1. The quantitative estimate of drug-likeness (QED) is 0.290. The first-order valence-corrected chi connectivity index (χ1v) is 3.56. The van der Waals surface area contributed by atoms with Gasteiger partial charge in [0.15, 0.2) is 6.29 Å². The molecule has 1 rings (SSSR count). The van der Waals surface area contributed by atoms with Crippen LogP contribution in [0.5, 0.6) is 0 Å². The van der Waals surface area contributed by atoms with E-state index in [4.69, 9.17) is 25.5 Å². The lowest BCUT2D eigenvalue weighted by atomic mass is 10.00. The van der Waals surface area contributed by atoms with Gasteiger partial charge in [-0.2, -0.15) is 0 Å². The van der Waals surface area contributed by atoms with Gasteiger partial charge in [-0.05, 0) is 0 Å². The van der Waals surface area contributed by atoms with E-state index in [0.717, 1.165) is 0 Å². The van der Waals surface area contributed by atoms with Crippen molar-refractivity contribution in [1.82, 2.24) is 0 Å². The van der Waals surface area contributed by atoms with Gasteiger partial charge < -0.3 is 30.3 Å². The molecular weight excluding hydrogens is 168 g/mol. The first-order valence-electron chi connectivity index (χ1n) is 3.56. The lowest BCUT2D eigenvalue weighted by Gasteiger charge is -2.37. The molecule has 1 aliphatic rings. The van der Waals surface area contributed by atoms with Gasteiger partial charge in [-0.1, -0.05) is 0 Å². The SMILES string of the molecule is OC[C@H]1O[C@@H](O)[C@@H](O)C(O)[C@@H]1O. The summed E-state index contributed by atoms with van der Waals surface area (Å²) in [5.74, 6) is 0. The summed E-state index contributed by atoms with van der Waals surface area (Å²) in [7, 11) is 0. The predicted octanol–water partition coefficient (Wildman–Crippen LogP) is -3.22. The van der Waals surface area contributed by atoms with Crippen LogP contribution in [0, 0.1) is 0 Å². The van der Waals surface area contributed by atoms with Crippen LogP contribution in [-0.4, -0.2) is 62.8 Å². The van der Waals surface area contributed by atoms with Gasteiger partial charge in [0, 0.05) is 0 Å². The zero-order chi connectivity index (χ0) is 9.30. The third-order valence-electron chi connectivity index (χ3n) is 1.87. The van der Waals surface area contributed by atoms with Crippen molar-refractivity contribution in [3.63, 3.8) is 0 Å². The van der Waals surface area contributed by atoms with E-state index in [2.05, 4.69) is 4.74 Å². The molecule has 0 spiro atoms. The zero-order valence-corrected chi connectivity index (χ0v) is 6.24. The van der Waals surface area contributed by atoms with Gasteiger partial charge in [0.2, 0.25) is 0 Å². The molecule has 1 fully saturated rings. The first kappa shape index (κ1) is 9.85. The third kappa shape index (κ3) is 1.58. The van der Waals surface area contributed by atoms with Crippen molar-refractivity contribution in [2.45, 2.75) is 30.7 Å². The van der Waals surface area contributed by atoms with Gasteiger partial charge in [-0.3, -0.25) is 0 Å². The normalized spacial score (nSPS) is 49.2. The molecule has 0 bridgehead atoms. The fourth-order valence-electron chi connectivity index (χ4n) is 1.08. The molecular formula is C6H12O6. The minimum absolute atomic E-state index is 0.526. The monoisotopic (exact) mass is 180 g/mol. The highest BCUT2D eigenvalue weighted by molar-refractivity contribution is 4.87. The number of hydrogen-bond acceptors (Lipinski definition) is 6. The van der Waals surface area contributed by atoms with Gasteiger partial charge in [0.05, 0.1) is 6.61 Å². The Bertz CT molecular complexity index is 146. The summed E-state index contributed by atoms with van der Waals surface area (Å²) in [5.41, 5.74) is 0. The topological polar surface area (TPSA) is 110 Å². The van der Waals surface area contributed by atoms with Gasteiger partial charge in [0.1, 0.15) is 24.4 Å². The van der Waals surface area contributed by atoms with Gasteiger partial charge in [0.25, 0.3) is 0 Å². The Morgan fingerprint density at radius 1 is 0.917 bits per heavy atom. The Morgan fingerprint density at radius 2 is 1.50 bits per heavy atom. The van der Waals surface area contributed by atoms with Gasteiger partial charge >= 0.3 is 0 Å². The zero-order valence-electron chi connectivity index (χ0n) is 6.24. The first-order chi connectivity index (χ1) is 5.57. The Balaban J connectivity index is 2.63. The molecule has 0 aromatic rings. The Morgan fingerprint density at radius 3 is 2.00 bits per heavy atom. The summed E-state index contributed by atoms with van der Waals surface area (Å²) in [6.45, 7) is -0.526. The van der Waals surface area contributed by atoms with Crippen molar-refractivity contribution >= 4 is 0 Å². The van der Waals surface area contributed by atoms with Crippen LogP contribution >= 0.6 is 0 Å². The van der Waals surface area contributed by atoms with E-state index < -0.39 is 37.3 Å². The molecule has 12 heavy (non-hydrogen) atoms. The summed E-state index contributed by atoms with van der Waals surface area (Å²) < 4.78 is 4.58. The molecule has 0 aromatic heterocycles. The average molecular weight is 180 g/mol. The van der Waals surface area contributed by atoms with E-state index in [1.54, 1.807) is 0 Å². The molecule has 1 saturated heterocycles. The van der Waals surface area contributed by atoms with Crippen molar-refractivity contribution in [3.8, 4) is 0 Å². The minimum Gasteiger partial charge on any atom is -0.394 e. The number of rotatable bonds is 1. The third-order valence-corrected chi connectivity index (χ3v) is 1.87. The van der Waals surface area contributed by atoms with Crippen LogP contribution in [0.15, 0.2) is 0 Å². The molecule has 0 radical (unpaired) electrons. The summed E-state index contributed by atoms with van der Waals surface area (Å²) in [6, 6.07) is 0. The van der Waals surface area contributed by atoms with Gasteiger partial charge in [-0.15, -0.1) is 0 Å². The van der Waals surface area contributed by atoms with Crippen molar-refractivity contribution in [3.05, 3.63) is 0 Å². The highest BCUT2D eigenvalue weighted by atomic mass is 16.6. The number of aliphatic hydroxyl groups is 5. The van der Waals surface area contributed by atoms with Crippen LogP contribution in [0.1, 0.15) is 0 Å². The number of aliphatic hydroxyl groups excluding tert-OH is 5. The van der Waals surface area contributed by atoms with E-state index >= 15 is 0 Å². The second kappa shape index (κ2) is 3.65. The molecule has 72 valence electrons. The molecule has 1 aliphatic heterocycles. The molecule has 0 aliphatic carbocycles. The van der Waals surface area contributed by atoms with Crippen molar-refractivity contribution in [1.29, 1.82) is 0 Å². The van der Waals surface area contributed by atoms with Crippen LogP contribution in [0.4, 0.5) is 0 Å². The Kier molecular flexibility index (Phi) is 2.99. The Hall–Kier alpha value is -0.240. The van der Waals surface area contributed by atoms with Crippen LogP contribution in [0.25, 0.3) is 0 Å². The highest BCUT2D eigenvalue weighted by Gasteiger charge is 2.42. The second-order valence-electron chi connectivity index (χ2n) is 2.72. The van der Waals surface area contributed by atoms with Crippen molar-refractivity contribution in [2.24, 2.45) is 0 Å². The number of hydrogen-bond donors (Lipinski definition) is 5. The molecule has 0 aromatic carbocycles. The molecule has 0 saturated carbocycles. The van der Waals surface area contributed by atoms with E-state index in [1.807, 2.05) is 0 Å². The summed E-state index contributed by atoms with van der Waals surface area (Å²) >= 11 is 0. The number of ether oxygens (including phenoxy) is 1. The average Bonchev–Trinajstić information content (AvgIpc) is 2.08. The predicted molar refractivity (Wildman–Crippen MR) is 36.0 cm³/mol. The minimum atomic E-state index is -1.57. The van der Waals surface area contributed by atoms with E-state index in [0.29, 0.717) is 0 Å². The molecule has 1 unspecified atom stereocenters. The molecule has 5 N–H and O–H groups in total. The highest BCUT2D eigenvalue weighted by Crippen LogP contribution is 2.18.